The van der Waals surface area contributed by atoms with Gasteiger partial charge in [0, 0.05) is 23.9 Å². The highest BCUT2D eigenvalue weighted by atomic mass is 32.1. The van der Waals surface area contributed by atoms with Crippen LogP contribution in [0.3, 0.4) is 0 Å². The molecule has 0 saturated carbocycles. The number of nitrogens with zero attached hydrogens (tertiary/aromatic N) is 1. The molecule has 0 radical (unpaired) electrons. The summed E-state index contributed by atoms with van der Waals surface area (Å²) in [6, 6.07) is 21.7. The molecule has 4 nitrogen and oxygen atoms in total. The summed E-state index contributed by atoms with van der Waals surface area (Å²) in [5.41, 5.74) is 2.14. The van der Waals surface area contributed by atoms with Crippen molar-refractivity contribution in [2.75, 3.05) is 13.6 Å². The molecule has 0 aliphatic carbocycles. The Labute approximate surface area is 174 Å². The summed E-state index contributed by atoms with van der Waals surface area (Å²) in [6.45, 7) is 0.613. The fourth-order valence-corrected chi connectivity index (χ4v) is 4.32. The molecule has 0 spiro atoms. The summed E-state index contributed by atoms with van der Waals surface area (Å²) >= 11 is 1.76. The first-order valence-corrected chi connectivity index (χ1v) is 10.5. The Kier molecular flexibility index (Phi) is 5.96. The van der Waals surface area contributed by atoms with E-state index < -0.39 is 0 Å². The van der Waals surface area contributed by atoms with Gasteiger partial charge in [-0.05, 0) is 54.0 Å². The summed E-state index contributed by atoms with van der Waals surface area (Å²) in [5.74, 6) is 0.862. The number of carbonyl (C=O) groups is 1. The molecule has 0 unspecified atom stereocenters. The Morgan fingerprint density at radius 1 is 1.07 bits per heavy atom. The lowest BCUT2D eigenvalue weighted by Gasteiger charge is -2.21. The van der Waals surface area contributed by atoms with Crippen LogP contribution in [0.5, 0.6) is 5.75 Å². The van der Waals surface area contributed by atoms with Gasteiger partial charge in [-0.25, -0.2) is 4.79 Å². The van der Waals surface area contributed by atoms with Crippen LogP contribution in [0.1, 0.15) is 22.8 Å². The van der Waals surface area contributed by atoms with E-state index in [0.717, 1.165) is 23.8 Å². The average molecular weight is 406 g/mol. The van der Waals surface area contributed by atoms with Crippen LogP contribution in [-0.4, -0.2) is 24.6 Å². The van der Waals surface area contributed by atoms with E-state index in [4.69, 9.17) is 9.15 Å². The maximum atomic E-state index is 12.4. The van der Waals surface area contributed by atoms with Gasteiger partial charge in [-0.2, -0.15) is 0 Å². The number of furan rings is 1. The number of benzene rings is 2. The van der Waals surface area contributed by atoms with E-state index in [0.29, 0.717) is 18.2 Å². The first-order chi connectivity index (χ1) is 14.2. The van der Waals surface area contributed by atoms with E-state index >= 15 is 0 Å². The lowest BCUT2D eigenvalue weighted by atomic mass is 9.93. The molecule has 0 aliphatic rings. The summed E-state index contributed by atoms with van der Waals surface area (Å²) in [6.07, 6.45) is 3.11. The lowest BCUT2D eigenvalue weighted by Crippen LogP contribution is -2.31. The number of carbonyl (C=O) groups excluding carboxylic acids is 1. The van der Waals surface area contributed by atoms with Gasteiger partial charge in [0.2, 0.25) is 0 Å². The molecule has 2 aromatic carbocycles. The van der Waals surface area contributed by atoms with E-state index in [1.54, 1.807) is 41.7 Å². The van der Waals surface area contributed by atoms with E-state index in [1.807, 2.05) is 24.3 Å². The van der Waals surface area contributed by atoms with Gasteiger partial charge in [-0.1, -0.05) is 42.5 Å². The Morgan fingerprint density at radius 3 is 2.72 bits per heavy atom. The second kappa shape index (κ2) is 8.97. The Balaban J connectivity index is 1.44. The molecule has 0 aliphatic heterocycles. The van der Waals surface area contributed by atoms with Crippen molar-refractivity contribution in [1.82, 2.24) is 4.90 Å². The molecule has 148 valence electrons. The molecule has 5 heteroatoms. The van der Waals surface area contributed by atoms with Crippen molar-refractivity contribution in [3.8, 4) is 5.75 Å². The molecular weight excluding hydrogens is 382 g/mol. The van der Waals surface area contributed by atoms with Crippen molar-refractivity contribution >= 4 is 28.4 Å². The number of rotatable bonds is 7. The maximum Gasteiger partial charge on any atom is 0.414 e. The predicted octanol–water partition coefficient (Wildman–Crippen LogP) is 6.34. The lowest BCUT2D eigenvalue weighted by molar-refractivity contribution is 0.161. The standard InChI is InChI=1S/C24H23NO3S/c1-25(24(26)28-21-9-3-2-4-10-21)14-12-19(22-11-6-16-29-22)17-20-8-5-7-18-13-15-27-23(18)20/h2-11,13,15-16,19H,12,14,17H2,1H3/t19-/m1/s1. The Hall–Kier alpha value is -3.05. The van der Waals surface area contributed by atoms with Crippen molar-refractivity contribution < 1.29 is 13.9 Å². The average Bonchev–Trinajstić information content (AvgIpc) is 3.43. The minimum absolute atomic E-state index is 0.303. The minimum atomic E-state index is -0.339. The zero-order valence-corrected chi connectivity index (χ0v) is 17.1. The third-order valence-corrected chi connectivity index (χ3v) is 6.08. The number of fused-ring (bicyclic) bond motifs is 1. The van der Waals surface area contributed by atoms with E-state index in [2.05, 4.69) is 35.7 Å². The van der Waals surface area contributed by atoms with Crippen LogP contribution >= 0.6 is 11.3 Å². The van der Waals surface area contributed by atoms with Crippen LogP contribution in [0.2, 0.25) is 0 Å². The molecule has 0 N–H and O–H groups in total. The largest absolute Gasteiger partial charge is 0.464 e. The van der Waals surface area contributed by atoms with Crippen molar-refractivity contribution in [3.05, 3.63) is 88.8 Å². The third-order valence-electron chi connectivity index (χ3n) is 5.05. The summed E-state index contributed by atoms with van der Waals surface area (Å²) < 4.78 is 11.2. The van der Waals surface area contributed by atoms with Crippen molar-refractivity contribution in [2.45, 2.75) is 18.8 Å². The van der Waals surface area contributed by atoms with Crippen molar-refractivity contribution in [2.24, 2.45) is 0 Å². The Morgan fingerprint density at radius 2 is 1.93 bits per heavy atom. The van der Waals surface area contributed by atoms with Gasteiger partial charge in [-0.15, -0.1) is 11.3 Å². The number of thiophene rings is 1. The summed E-state index contributed by atoms with van der Waals surface area (Å²) in [7, 11) is 1.78. The van der Waals surface area contributed by atoms with E-state index in [-0.39, 0.29) is 6.09 Å². The second-order valence-corrected chi connectivity index (χ2v) is 8.04. The van der Waals surface area contributed by atoms with Crippen LogP contribution in [0.25, 0.3) is 11.0 Å². The van der Waals surface area contributed by atoms with Crippen LogP contribution in [0, 0.1) is 0 Å². The maximum absolute atomic E-state index is 12.4. The number of hydrogen-bond donors (Lipinski definition) is 0. The summed E-state index contributed by atoms with van der Waals surface area (Å²) in [4.78, 5) is 15.4. The number of amides is 1. The molecule has 2 aromatic heterocycles. The molecular formula is C24H23NO3S. The van der Waals surface area contributed by atoms with Crippen LogP contribution < -0.4 is 4.74 Å². The molecule has 0 bridgehead atoms. The molecule has 4 aromatic rings. The van der Waals surface area contributed by atoms with Gasteiger partial charge >= 0.3 is 6.09 Å². The number of hydrogen-bond acceptors (Lipinski definition) is 4. The van der Waals surface area contributed by atoms with E-state index in [9.17, 15) is 4.79 Å². The first-order valence-electron chi connectivity index (χ1n) is 9.67. The Bertz CT molecular complexity index is 1060. The highest BCUT2D eigenvalue weighted by molar-refractivity contribution is 7.10. The van der Waals surface area contributed by atoms with Crippen LogP contribution in [0.15, 0.2) is 82.8 Å². The topological polar surface area (TPSA) is 42.7 Å². The molecule has 1 amide bonds. The van der Waals surface area contributed by atoms with Gasteiger partial charge in [0.1, 0.15) is 11.3 Å². The van der Waals surface area contributed by atoms with Crippen LogP contribution in [0.4, 0.5) is 4.79 Å². The third kappa shape index (κ3) is 4.69. The van der Waals surface area contributed by atoms with Gasteiger partial charge in [0.15, 0.2) is 0 Å². The number of para-hydroxylation sites is 2. The van der Waals surface area contributed by atoms with Gasteiger partial charge in [0.05, 0.1) is 6.26 Å². The fourth-order valence-electron chi connectivity index (χ4n) is 3.46. The van der Waals surface area contributed by atoms with Gasteiger partial charge in [0.25, 0.3) is 0 Å². The zero-order valence-electron chi connectivity index (χ0n) is 16.3. The predicted molar refractivity (Wildman–Crippen MR) is 117 cm³/mol. The number of ether oxygens (including phenoxy) is 1. The van der Waals surface area contributed by atoms with Crippen molar-refractivity contribution in [3.63, 3.8) is 0 Å². The molecule has 2 heterocycles. The quantitative estimate of drug-likeness (QED) is 0.360. The SMILES string of the molecule is CN(CC[C@H](Cc1cccc2ccoc12)c1cccs1)C(=O)Oc1ccccc1. The highest BCUT2D eigenvalue weighted by Gasteiger charge is 2.19. The summed E-state index contributed by atoms with van der Waals surface area (Å²) in [5, 5.41) is 3.22. The molecule has 29 heavy (non-hydrogen) atoms. The fraction of sp³-hybridized carbons (Fsp3) is 0.208. The second-order valence-electron chi connectivity index (χ2n) is 7.06. The van der Waals surface area contributed by atoms with Crippen molar-refractivity contribution in [1.29, 1.82) is 0 Å². The normalized spacial score (nSPS) is 12.0. The molecule has 4 rings (SSSR count). The van der Waals surface area contributed by atoms with Crippen LogP contribution in [-0.2, 0) is 6.42 Å². The molecule has 1 atom stereocenters. The zero-order chi connectivity index (χ0) is 20.1. The van der Waals surface area contributed by atoms with Gasteiger partial charge in [-0.3, -0.25) is 0 Å². The smallest absolute Gasteiger partial charge is 0.414 e. The molecule has 0 saturated heterocycles. The van der Waals surface area contributed by atoms with Gasteiger partial charge < -0.3 is 14.1 Å². The first kappa shape index (κ1) is 19.3. The monoisotopic (exact) mass is 405 g/mol. The minimum Gasteiger partial charge on any atom is -0.464 e. The van der Waals surface area contributed by atoms with E-state index in [1.165, 1.54) is 10.4 Å². The highest BCUT2D eigenvalue weighted by Crippen LogP contribution is 2.31. The molecule has 0 fully saturated rings.